The van der Waals surface area contributed by atoms with Gasteiger partial charge in [-0.05, 0) is 30.2 Å². The number of hydrogen-bond acceptors (Lipinski definition) is 4. The second-order valence-electron chi connectivity index (χ2n) is 4.09. The van der Waals surface area contributed by atoms with Crippen molar-refractivity contribution < 1.29 is 9.53 Å². The van der Waals surface area contributed by atoms with Gasteiger partial charge in [0.15, 0.2) is 0 Å². The van der Waals surface area contributed by atoms with Crippen LogP contribution >= 0.6 is 0 Å². The monoisotopic (exact) mass is 257 g/mol. The number of primary amides is 1. The van der Waals surface area contributed by atoms with Gasteiger partial charge in [-0.15, -0.1) is 0 Å². The summed E-state index contributed by atoms with van der Waals surface area (Å²) in [6.07, 6.45) is 2.32. The Morgan fingerprint density at radius 1 is 1.37 bits per heavy atom. The van der Waals surface area contributed by atoms with Crippen molar-refractivity contribution >= 4 is 11.6 Å². The van der Waals surface area contributed by atoms with E-state index < -0.39 is 5.91 Å². The number of nitrogens with zero attached hydrogens (tertiary/aromatic N) is 1. The summed E-state index contributed by atoms with van der Waals surface area (Å²) in [4.78, 5) is 15.3. The van der Waals surface area contributed by atoms with Gasteiger partial charge < -0.3 is 16.2 Å². The number of nitrogens with two attached hydrogens (primary N) is 2. The van der Waals surface area contributed by atoms with Crippen LogP contribution in [-0.4, -0.2) is 10.9 Å². The molecule has 1 aromatic heterocycles. The maximum atomic E-state index is 11.3. The third-order valence-corrected chi connectivity index (χ3v) is 2.66. The summed E-state index contributed by atoms with van der Waals surface area (Å²) in [5.41, 5.74) is 12.5. The van der Waals surface area contributed by atoms with Crippen molar-refractivity contribution in [1.29, 1.82) is 0 Å². The lowest BCUT2D eigenvalue weighted by atomic mass is 10.2. The van der Waals surface area contributed by atoms with Gasteiger partial charge in [0.05, 0.1) is 11.9 Å². The smallest absolute Gasteiger partial charge is 0.254 e. The number of pyridine rings is 1. The van der Waals surface area contributed by atoms with Gasteiger partial charge in [-0.25, -0.2) is 4.98 Å². The molecule has 2 rings (SSSR count). The van der Waals surface area contributed by atoms with E-state index in [2.05, 4.69) is 11.9 Å². The number of carbonyl (C=O) groups is 1. The summed E-state index contributed by atoms with van der Waals surface area (Å²) < 4.78 is 5.60. The van der Waals surface area contributed by atoms with Gasteiger partial charge in [-0.3, -0.25) is 4.79 Å². The van der Waals surface area contributed by atoms with Crippen LogP contribution in [0.3, 0.4) is 0 Å². The molecule has 0 unspecified atom stereocenters. The first kappa shape index (κ1) is 12.9. The predicted molar refractivity (Wildman–Crippen MR) is 73.1 cm³/mol. The molecule has 0 radical (unpaired) electrons. The van der Waals surface area contributed by atoms with E-state index >= 15 is 0 Å². The molecule has 0 aliphatic carbocycles. The second kappa shape index (κ2) is 5.39. The third kappa shape index (κ3) is 3.01. The van der Waals surface area contributed by atoms with E-state index in [1.54, 1.807) is 6.07 Å². The molecule has 19 heavy (non-hydrogen) atoms. The zero-order valence-electron chi connectivity index (χ0n) is 10.6. The number of ether oxygens (including phenoxy) is 1. The Morgan fingerprint density at radius 3 is 2.84 bits per heavy atom. The average molecular weight is 257 g/mol. The molecular formula is C14H15N3O2. The fraction of sp³-hybridized carbons (Fsp3) is 0.143. The minimum absolute atomic E-state index is 0.162. The minimum atomic E-state index is -0.624. The molecular weight excluding hydrogens is 242 g/mol. The molecule has 0 fully saturated rings. The summed E-state index contributed by atoms with van der Waals surface area (Å²) in [6, 6.07) is 9.02. The van der Waals surface area contributed by atoms with Crippen molar-refractivity contribution in [3.8, 4) is 11.6 Å². The molecule has 1 heterocycles. The van der Waals surface area contributed by atoms with E-state index in [4.69, 9.17) is 16.2 Å². The quantitative estimate of drug-likeness (QED) is 0.877. The van der Waals surface area contributed by atoms with Crippen molar-refractivity contribution in [2.45, 2.75) is 13.3 Å². The largest absolute Gasteiger partial charge is 0.438 e. The zero-order valence-corrected chi connectivity index (χ0v) is 10.6. The highest BCUT2D eigenvalue weighted by Crippen LogP contribution is 2.25. The van der Waals surface area contributed by atoms with Crippen LogP contribution in [0.25, 0.3) is 0 Å². The molecule has 0 saturated carbocycles. The molecule has 0 saturated heterocycles. The maximum Gasteiger partial charge on any atom is 0.254 e. The first-order chi connectivity index (χ1) is 9.10. The normalized spacial score (nSPS) is 10.2. The van der Waals surface area contributed by atoms with Crippen molar-refractivity contribution in [1.82, 2.24) is 4.98 Å². The van der Waals surface area contributed by atoms with Crippen LogP contribution in [0, 0.1) is 0 Å². The van der Waals surface area contributed by atoms with Gasteiger partial charge in [0.1, 0.15) is 11.3 Å². The van der Waals surface area contributed by atoms with Crippen LogP contribution in [0.15, 0.2) is 36.5 Å². The minimum Gasteiger partial charge on any atom is -0.438 e. The summed E-state index contributed by atoms with van der Waals surface area (Å²) in [5.74, 6) is 0.149. The van der Waals surface area contributed by atoms with E-state index in [-0.39, 0.29) is 11.4 Å². The highest BCUT2D eigenvalue weighted by Gasteiger charge is 2.12. The van der Waals surface area contributed by atoms with Crippen LogP contribution in [0.5, 0.6) is 11.6 Å². The van der Waals surface area contributed by atoms with Crippen LogP contribution in [-0.2, 0) is 6.42 Å². The molecule has 0 atom stereocenters. The highest BCUT2D eigenvalue weighted by molar-refractivity contribution is 5.95. The molecule has 0 aliphatic heterocycles. The Bertz CT molecular complexity index is 611. The molecule has 1 amide bonds. The molecule has 0 bridgehead atoms. The van der Waals surface area contributed by atoms with Crippen LogP contribution in [0.4, 0.5) is 5.69 Å². The van der Waals surface area contributed by atoms with Crippen molar-refractivity contribution in [3.63, 3.8) is 0 Å². The van der Waals surface area contributed by atoms with Crippen LogP contribution in [0.1, 0.15) is 22.8 Å². The fourth-order valence-electron chi connectivity index (χ4n) is 1.67. The summed E-state index contributed by atoms with van der Waals surface area (Å²) >= 11 is 0. The number of aryl methyl sites for hydroxylation is 1. The molecule has 2 aromatic rings. The predicted octanol–water partition coefficient (Wildman–Crippen LogP) is 2.12. The van der Waals surface area contributed by atoms with Gasteiger partial charge >= 0.3 is 0 Å². The number of carbonyl (C=O) groups excluding carboxylic acids is 1. The van der Waals surface area contributed by atoms with Gasteiger partial charge in [-0.1, -0.05) is 19.1 Å². The lowest BCUT2D eigenvalue weighted by molar-refractivity contribution is 0.0997. The fourth-order valence-corrected chi connectivity index (χ4v) is 1.67. The average Bonchev–Trinajstić information content (AvgIpc) is 2.41. The van der Waals surface area contributed by atoms with E-state index in [0.717, 1.165) is 12.0 Å². The van der Waals surface area contributed by atoms with E-state index in [1.807, 2.05) is 18.2 Å². The summed E-state index contributed by atoms with van der Waals surface area (Å²) in [5, 5.41) is 0. The lowest BCUT2D eigenvalue weighted by Gasteiger charge is -2.09. The molecule has 4 N–H and O–H groups in total. The Kier molecular flexibility index (Phi) is 3.66. The molecule has 98 valence electrons. The number of anilines is 1. The Hall–Kier alpha value is -2.56. The van der Waals surface area contributed by atoms with Crippen LogP contribution in [0.2, 0.25) is 0 Å². The molecule has 1 aromatic carbocycles. The van der Waals surface area contributed by atoms with Gasteiger partial charge in [0, 0.05) is 0 Å². The van der Waals surface area contributed by atoms with Crippen molar-refractivity contribution in [2.75, 3.05) is 5.73 Å². The molecule has 5 nitrogen and oxygen atoms in total. The standard InChI is InChI=1S/C14H15N3O2/c1-2-9-4-3-5-11(6-9)19-14-12(13(16)18)7-10(15)8-17-14/h3-8H,2,15H2,1H3,(H2,16,18). The SMILES string of the molecule is CCc1cccc(Oc2ncc(N)cc2C(N)=O)c1. The Morgan fingerprint density at radius 2 is 2.16 bits per heavy atom. The molecule has 0 aliphatic rings. The third-order valence-electron chi connectivity index (χ3n) is 2.66. The summed E-state index contributed by atoms with van der Waals surface area (Å²) in [7, 11) is 0. The second-order valence-corrected chi connectivity index (χ2v) is 4.09. The first-order valence-corrected chi connectivity index (χ1v) is 5.92. The maximum absolute atomic E-state index is 11.3. The first-order valence-electron chi connectivity index (χ1n) is 5.92. The Labute approximate surface area is 111 Å². The van der Waals surface area contributed by atoms with Crippen molar-refractivity contribution in [2.24, 2.45) is 5.73 Å². The lowest BCUT2D eigenvalue weighted by Crippen LogP contribution is -2.13. The van der Waals surface area contributed by atoms with Gasteiger partial charge in [0.2, 0.25) is 5.88 Å². The number of rotatable bonds is 4. The zero-order chi connectivity index (χ0) is 13.8. The Balaban J connectivity index is 2.34. The number of benzene rings is 1. The molecule has 0 spiro atoms. The van der Waals surface area contributed by atoms with E-state index in [1.165, 1.54) is 12.3 Å². The van der Waals surface area contributed by atoms with E-state index in [9.17, 15) is 4.79 Å². The number of amides is 1. The van der Waals surface area contributed by atoms with Gasteiger partial charge in [-0.2, -0.15) is 0 Å². The topological polar surface area (TPSA) is 91.2 Å². The number of hydrogen-bond donors (Lipinski definition) is 2. The van der Waals surface area contributed by atoms with Crippen LogP contribution < -0.4 is 16.2 Å². The number of aromatic nitrogens is 1. The molecule has 5 heteroatoms. The summed E-state index contributed by atoms with van der Waals surface area (Å²) in [6.45, 7) is 2.05. The van der Waals surface area contributed by atoms with Gasteiger partial charge in [0.25, 0.3) is 5.91 Å². The number of nitrogen functional groups attached to an aromatic ring is 1. The highest BCUT2D eigenvalue weighted by atomic mass is 16.5. The van der Waals surface area contributed by atoms with Crippen molar-refractivity contribution in [3.05, 3.63) is 47.7 Å². The van der Waals surface area contributed by atoms with E-state index in [0.29, 0.717) is 11.4 Å².